The maximum absolute atomic E-state index is 9.01. The lowest BCUT2D eigenvalue weighted by molar-refractivity contribution is 0.613. The van der Waals surface area contributed by atoms with E-state index in [1.807, 2.05) is 19.1 Å². The zero-order valence-electron chi connectivity index (χ0n) is 11.0. The Bertz CT molecular complexity index is 393. The number of anilines is 1. The number of pyridine rings is 1. The van der Waals surface area contributed by atoms with Crippen molar-refractivity contribution in [2.45, 2.75) is 52.5 Å². The fraction of sp³-hybridized carbons (Fsp3) is 0.571. The zero-order chi connectivity index (χ0) is 12.7. The fourth-order valence-electron chi connectivity index (χ4n) is 1.76. The molecule has 0 aromatic carbocycles. The summed E-state index contributed by atoms with van der Waals surface area (Å²) < 4.78 is 0. The van der Waals surface area contributed by atoms with Gasteiger partial charge in [0.2, 0.25) is 0 Å². The second-order valence-corrected chi connectivity index (χ2v) is 4.50. The summed E-state index contributed by atoms with van der Waals surface area (Å²) in [7, 11) is 0. The second kappa shape index (κ2) is 6.90. The molecule has 3 heteroatoms. The van der Waals surface area contributed by atoms with E-state index in [4.69, 9.17) is 5.26 Å². The van der Waals surface area contributed by atoms with Crippen LogP contribution in [-0.4, -0.2) is 11.0 Å². The van der Waals surface area contributed by atoms with Gasteiger partial charge in [-0.2, -0.15) is 5.26 Å². The molecular formula is C14H21N3. The molecule has 1 atom stereocenters. The summed E-state index contributed by atoms with van der Waals surface area (Å²) in [5.74, 6) is 0.719. The van der Waals surface area contributed by atoms with Crippen LogP contribution in [-0.2, 0) is 0 Å². The maximum atomic E-state index is 9.01. The molecule has 0 aliphatic rings. The Kier molecular flexibility index (Phi) is 5.48. The lowest BCUT2D eigenvalue weighted by Crippen LogP contribution is -2.17. The average molecular weight is 231 g/mol. The van der Waals surface area contributed by atoms with E-state index in [1.54, 1.807) is 0 Å². The number of rotatable bonds is 6. The predicted molar refractivity (Wildman–Crippen MR) is 70.9 cm³/mol. The first-order valence-corrected chi connectivity index (χ1v) is 6.31. The number of aromatic nitrogens is 1. The second-order valence-electron chi connectivity index (χ2n) is 4.50. The molecule has 0 radical (unpaired) electrons. The minimum Gasteiger partial charge on any atom is -0.367 e. The van der Waals surface area contributed by atoms with E-state index in [9.17, 15) is 0 Å². The molecule has 17 heavy (non-hydrogen) atoms. The van der Waals surface area contributed by atoms with Crippen molar-refractivity contribution in [3.05, 3.63) is 23.4 Å². The van der Waals surface area contributed by atoms with E-state index in [0.717, 1.165) is 17.9 Å². The van der Waals surface area contributed by atoms with Crippen LogP contribution in [0.2, 0.25) is 0 Å². The summed E-state index contributed by atoms with van der Waals surface area (Å²) >= 11 is 0. The molecular weight excluding hydrogens is 210 g/mol. The summed E-state index contributed by atoms with van der Waals surface area (Å²) in [4.78, 5) is 4.38. The molecule has 0 saturated heterocycles. The number of hydrogen-bond donors (Lipinski definition) is 1. The molecule has 3 nitrogen and oxygen atoms in total. The van der Waals surface area contributed by atoms with Crippen molar-refractivity contribution < 1.29 is 0 Å². The van der Waals surface area contributed by atoms with Crippen LogP contribution in [0.1, 0.15) is 50.8 Å². The lowest BCUT2D eigenvalue weighted by atomic mass is 10.1. The molecule has 1 N–H and O–H groups in total. The number of hydrogen-bond acceptors (Lipinski definition) is 3. The van der Waals surface area contributed by atoms with Crippen molar-refractivity contribution in [2.24, 2.45) is 0 Å². The third-order valence-corrected chi connectivity index (χ3v) is 2.78. The molecule has 0 fully saturated rings. The molecule has 0 aliphatic carbocycles. The van der Waals surface area contributed by atoms with Crippen LogP contribution in [0.25, 0.3) is 0 Å². The summed E-state index contributed by atoms with van der Waals surface area (Å²) in [6, 6.07) is 6.22. The summed E-state index contributed by atoms with van der Waals surface area (Å²) in [5.41, 5.74) is 1.56. The molecule has 0 amide bonds. The Morgan fingerprint density at radius 3 is 2.82 bits per heavy atom. The molecule has 1 rings (SSSR count). The Balaban J connectivity index is 2.61. The Morgan fingerprint density at radius 1 is 1.41 bits per heavy atom. The van der Waals surface area contributed by atoms with Crippen LogP contribution < -0.4 is 5.32 Å². The monoisotopic (exact) mass is 231 g/mol. The van der Waals surface area contributed by atoms with Crippen molar-refractivity contribution in [2.75, 3.05) is 5.32 Å². The van der Waals surface area contributed by atoms with Gasteiger partial charge in [0.25, 0.3) is 0 Å². The van der Waals surface area contributed by atoms with Gasteiger partial charge in [0.1, 0.15) is 11.9 Å². The van der Waals surface area contributed by atoms with E-state index in [0.29, 0.717) is 11.6 Å². The van der Waals surface area contributed by atoms with Crippen molar-refractivity contribution in [3.8, 4) is 6.07 Å². The topological polar surface area (TPSA) is 48.7 Å². The zero-order valence-corrected chi connectivity index (χ0v) is 11.0. The Labute approximate surface area is 104 Å². The number of nitrogens with one attached hydrogen (secondary N) is 1. The SMILES string of the molecule is CCCCCC(C)Nc1nc(C)ccc1C#N. The van der Waals surface area contributed by atoms with Crippen molar-refractivity contribution in [1.29, 1.82) is 5.26 Å². The molecule has 1 aromatic heterocycles. The van der Waals surface area contributed by atoms with Gasteiger partial charge >= 0.3 is 0 Å². The molecule has 1 unspecified atom stereocenters. The van der Waals surface area contributed by atoms with E-state index < -0.39 is 0 Å². The molecule has 1 heterocycles. The number of nitriles is 1. The average Bonchev–Trinajstić information content (AvgIpc) is 2.29. The van der Waals surface area contributed by atoms with Gasteiger partial charge in [-0.1, -0.05) is 26.2 Å². The van der Waals surface area contributed by atoms with Crippen molar-refractivity contribution >= 4 is 5.82 Å². The normalized spacial score (nSPS) is 11.9. The number of unbranched alkanes of at least 4 members (excludes halogenated alkanes) is 2. The maximum Gasteiger partial charge on any atom is 0.144 e. The van der Waals surface area contributed by atoms with Gasteiger partial charge in [-0.25, -0.2) is 4.98 Å². The first-order valence-electron chi connectivity index (χ1n) is 6.31. The van der Waals surface area contributed by atoms with E-state index in [-0.39, 0.29) is 0 Å². The lowest BCUT2D eigenvalue weighted by Gasteiger charge is -2.15. The Morgan fingerprint density at radius 2 is 2.18 bits per heavy atom. The third-order valence-electron chi connectivity index (χ3n) is 2.78. The number of aryl methyl sites for hydroxylation is 1. The Hall–Kier alpha value is -1.56. The van der Waals surface area contributed by atoms with Gasteiger partial charge in [0.15, 0.2) is 0 Å². The summed E-state index contributed by atoms with van der Waals surface area (Å²) in [5, 5.41) is 12.3. The van der Waals surface area contributed by atoms with Crippen LogP contribution in [0, 0.1) is 18.3 Å². The molecule has 0 aliphatic heterocycles. The van der Waals surface area contributed by atoms with E-state index >= 15 is 0 Å². The molecule has 0 saturated carbocycles. The van der Waals surface area contributed by atoms with E-state index in [2.05, 4.69) is 30.2 Å². The standard InChI is InChI=1S/C14H21N3/c1-4-5-6-7-11(2)16-14-13(10-15)9-8-12(3)17-14/h8-9,11H,4-7H2,1-3H3,(H,16,17). The highest BCUT2D eigenvalue weighted by Crippen LogP contribution is 2.15. The van der Waals surface area contributed by atoms with Crippen LogP contribution in [0.3, 0.4) is 0 Å². The molecule has 0 spiro atoms. The van der Waals surface area contributed by atoms with Crippen molar-refractivity contribution in [1.82, 2.24) is 4.98 Å². The first-order chi connectivity index (χ1) is 8.17. The molecule has 0 bridgehead atoms. The minimum atomic E-state index is 0.364. The number of nitrogens with zero attached hydrogens (tertiary/aromatic N) is 2. The van der Waals surface area contributed by atoms with Gasteiger partial charge in [-0.05, 0) is 32.4 Å². The fourth-order valence-corrected chi connectivity index (χ4v) is 1.76. The highest BCUT2D eigenvalue weighted by atomic mass is 15.0. The predicted octanol–water partition coefficient (Wildman–Crippen LogP) is 3.64. The first kappa shape index (κ1) is 13.5. The van der Waals surface area contributed by atoms with Crippen LogP contribution >= 0.6 is 0 Å². The van der Waals surface area contributed by atoms with Crippen LogP contribution in [0.4, 0.5) is 5.82 Å². The van der Waals surface area contributed by atoms with Crippen LogP contribution in [0.15, 0.2) is 12.1 Å². The van der Waals surface area contributed by atoms with Gasteiger partial charge < -0.3 is 5.32 Å². The molecule has 1 aromatic rings. The third kappa shape index (κ3) is 4.44. The largest absolute Gasteiger partial charge is 0.367 e. The quantitative estimate of drug-likeness (QED) is 0.760. The highest BCUT2D eigenvalue weighted by molar-refractivity contribution is 5.52. The van der Waals surface area contributed by atoms with Crippen LogP contribution in [0.5, 0.6) is 0 Å². The van der Waals surface area contributed by atoms with Crippen molar-refractivity contribution in [3.63, 3.8) is 0 Å². The minimum absolute atomic E-state index is 0.364. The smallest absolute Gasteiger partial charge is 0.144 e. The highest BCUT2D eigenvalue weighted by Gasteiger charge is 2.07. The van der Waals surface area contributed by atoms with Gasteiger partial charge in [-0.3, -0.25) is 0 Å². The molecule has 92 valence electrons. The van der Waals surface area contributed by atoms with Gasteiger partial charge in [0, 0.05) is 11.7 Å². The van der Waals surface area contributed by atoms with E-state index in [1.165, 1.54) is 19.3 Å². The van der Waals surface area contributed by atoms with Gasteiger partial charge in [-0.15, -0.1) is 0 Å². The van der Waals surface area contributed by atoms with Gasteiger partial charge in [0.05, 0.1) is 5.56 Å². The summed E-state index contributed by atoms with van der Waals surface area (Å²) in [6.45, 7) is 6.28. The summed E-state index contributed by atoms with van der Waals surface area (Å²) in [6.07, 6.45) is 4.84.